The van der Waals surface area contributed by atoms with Gasteiger partial charge in [0.2, 0.25) is 5.91 Å². The number of carbonyl (C=O) groups is 2. The molecule has 2 aromatic rings. The maximum atomic E-state index is 12.6. The molecule has 1 aliphatic rings. The third kappa shape index (κ3) is 3.28. The monoisotopic (exact) mass is 390 g/mol. The van der Waals surface area contributed by atoms with E-state index in [1.165, 1.54) is 4.90 Å². The van der Waals surface area contributed by atoms with Crippen molar-refractivity contribution in [1.82, 2.24) is 0 Å². The molecule has 2 aromatic carbocycles. The van der Waals surface area contributed by atoms with Gasteiger partial charge in [-0.3, -0.25) is 9.59 Å². The minimum absolute atomic E-state index is 0.156. The Morgan fingerprint density at radius 2 is 1.96 bits per heavy atom. The van der Waals surface area contributed by atoms with Crippen LogP contribution in [0, 0.1) is 0 Å². The molecule has 23 heavy (non-hydrogen) atoms. The number of nitrogens with zero attached hydrogens (tertiary/aromatic N) is 1. The molecule has 0 spiro atoms. The number of rotatable bonds is 4. The van der Waals surface area contributed by atoms with Crippen LogP contribution in [-0.2, 0) is 9.59 Å². The fourth-order valence-electron chi connectivity index (χ4n) is 2.54. The van der Waals surface area contributed by atoms with Crippen molar-refractivity contribution in [3.63, 3.8) is 0 Å². The van der Waals surface area contributed by atoms with E-state index in [1.807, 2.05) is 48.7 Å². The van der Waals surface area contributed by atoms with Crippen LogP contribution in [0.15, 0.2) is 57.9 Å². The van der Waals surface area contributed by atoms with Crippen molar-refractivity contribution in [2.45, 2.75) is 17.4 Å². The molecule has 0 unspecified atom stereocenters. The molecular formula is C17H15BrN2O2S. The summed E-state index contributed by atoms with van der Waals surface area (Å²) in [6, 6.07) is 14.5. The Kier molecular flexibility index (Phi) is 4.73. The third-order valence-corrected chi connectivity index (χ3v) is 5.05. The molecule has 0 bridgehead atoms. The van der Waals surface area contributed by atoms with Crippen LogP contribution in [0.1, 0.15) is 6.42 Å². The number of hydrogen-bond donors (Lipinski definition) is 1. The quantitative estimate of drug-likeness (QED) is 0.634. The molecule has 6 heteroatoms. The number of halogens is 1. The average Bonchev–Trinajstić information content (AvgIpc) is 2.82. The molecule has 0 saturated carbocycles. The van der Waals surface area contributed by atoms with Gasteiger partial charge in [-0.1, -0.05) is 18.2 Å². The maximum Gasteiger partial charge on any atom is 0.256 e. The Labute approximate surface area is 147 Å². The number of benzene rings is 2. The number of carbonyl (C=O) groups excluding carboxylic acids is 2. The summed E-state index contributed by atoms with van der Waals surface area (Å²) in [6.45, 7) is 0. The number of hydrogen-bond acceptors (Lipinski definition) is 4. The zero-order valence-corrected chi connectivity index (χ0v) is 14.9. The van der Waals surface area contributed by atoms with Crippen molar-refractivity contribution in [3.8, 4) is 0 Å². The summed E-state index contributed by atoms with van der Waals surface area (Å²) in [5.74, 6) is -0.420. The highest BCUT2D eigenvalue weighted by atomic mass is 79.9. The Balaban J connectivity index is 1.82. The molecule has 1 aliphatic heterocycles. The fourth-order valence-corrected chi connectivity index (χ4v) is 3.47. The molecule has 1 heterocycles. The van der Waals surface area contributed by atoms with Crippen molar-refractivity contribution in [2.75, 3.05) is 16.5 Å². The van der Waals surface area contributed by atoms with Gasteiger partial charge in [0.05, 0.1) is 12.1 Å². The number of amides is 2. The van der Waals surface area contributed by atoms with Crippen molar-refractivity contribution < 1.29 is 9.59 Å². The van der Waals surface area contributed by atoms with Crippen LogP contribution in [0.3, 0.4) is 0 Å². The molecule has 1 atom stereocenters. The molecular weight excluding hydrogens is 376 g/mol. The highest BCUT2D eigenvalue weighted by Gasteiger charge is 2.40. The van der Waals surface area contributed by atoms with Gasteiger partial charge in [0.1, 0.15) is 6.04 Å². The van der Waals surface area contributed by atoms with E-state index in [2.05, 4.69) is 21.2 Å². The highest BCUT2D eigenvalue weighted by Crippen LogP contribution is 2.31. The van der Waals surface area contributed by atoms with Gasteiger partial charge in [0.15, 0.2) is 0 Å². The minimum atomic E-state index is -0.535. The van der Waals surface area contributed by atoms with Gasteiger partial charge in [0, 0.05) is 15.1 Å². The lowest BCUT2D eigenvalue weighted by atomic mass is 10.2. The van der Waals surface area contributed by atoms with E-state index in [0.29, 0.717) is 5.69 Å². The topological polar surface area (TPSA) is 49.4 Å². The lowest BCUT2D eigenvalue weighted by Crippen LogP contribution is -2.35. The summed E-state index contributed by atoms with van der Waals surface area (Å²) < 4.78 is 0.728. The second-order valence-electron chi connectivity index (χ2n) is 5.15. The molecule has 0 radical (unpaired) electrons. The Morgan fingerprint density at radius 1 is 1.17 bits per heavy atom. The van der Waals surface area contributed by atoms with E-state index in [-0.39, 0.29) is 18.2 Å². The number of thioether (sulfide) groups is 1. The zero-order valence-electron chi connectivity index (χ0n) is 12.5. The van der Waals surface area contributed by atoms with Crippen LogP contribution in [0.5, 0.6) is 0 Å². The molecule has 118 valence electrons. The van der Waals surface area contributed by atoms with E-state index in [0.717, 1.165) is 15.1 Å². The van der Waals surface area contributed by atoms with Crippen molar-refractivity contribution in [2.24, 2.45) is 0 Å². The number of anilines is 2. The first-order valence-electron chi connectivity index (χ1n) is 7.12. The van der Waals surface area contributed by atoms with Gasteiger partial charge in [-0.25, -0.2) is 4.90 Å². The van der Waals surface area contributed by atoms with Gasteiger partial charge in [-0.05, 0) is 52.5 Å². The maximum absolute atomic E-state index is 12.6. The van der Waals surface area contributed by atoms with Gasteiger partial charge in [-0.15, -0.1) is 11.8 Å². The molecule has 1 fully saturated rings. The first-order valence-corrected chi connectivity index (χ1v) is 9.14. The Hall–Kier alpha value is -1.79. The van der Waals surface area contributed by atoms with E-state index in [9.17, 15) is 9.59 Å². The summed E-state index contributed by atoms with van der Waals surface area (Å²) in [5, 5.41) is 3.17. The third-order valence-electron chi connectivity index (χ3n) is 3.65. The largest absolute Gasteiger partial charge is 0.373 e. The number of imide groups is 1. The number of para-hydroxylation sites is 1. The first-order chi connectivity index (χ1) is 11.1. The summed E-state index contributed by atoms with van der Waals surface area (Å²) in [6.07, 6.45) is 2.15. The second kappa shape index (κ2) is 6.76. The minimum Gasteiger partial charge on any atom is -0.373 e. The lowest BCUT2D eigenvalue weighted by Gasteiger charge is -2.17. The van der Waals surface area contributed by atoms with E-state index in [1.54, 1.807) is 17.8 Å². The van der Waals surface area contributed by atoms with Gasteiger partial charge >= 0.3 is 0 Å². The summed E-state index contributed by atoms with van der Waals surface area (Å²) >= 11 is 5.03. The van der Waals surface area contributed by atoms with E-state index >= 15 is 0 Å². The van der Waals surface area contributed by atoms with E-state index < -0.39 is 6.04 Å². The summed E-state index contributed by atoms with van der Waals surface area (Å²) in [5.41, 5.74) is 1.43. The van der Waals surface area contributed by atoms with Crippen LogP contribution >= 0.6 is 27.7 Å². The van der Waals surface area contributed by atoms with Crippen molar-refractivity contribution in [1.29, 1.82) is 0 Å². The molecule has 3 rings (SSSR count). The van der Waals surface area contributed by atoms with Crippen LogP contribution < -0.4 is 10.2 Å². The normalized spacial score (nSPS) is 17.7. The molecule has 1 N–H and O–H groups in total. The molecule has 4 nitrogen and oxygen atoms in total. The highest BCUT2D eigenvalue weighted by molar-refractivity contribution is 9.10. The summed E-state index contributed by atoms with van der Waals surface area (Å²) in [7, 11) is 0. The molecule has 0 aliphatic carbocycles. The van der Waals surface area contributed by atoms with Crippen LogP contribution in [0.2, 0.25) is 0 Å². The van der Waals surface area contributed by atoms with Gasteiger partial charge < -0.3 is 5.32 Å². The molecule has 2 amide bonds. The average molecular weight is 391 g/mol. The SMILES string of the molecule is CSc1cccc(N[C@H]2CC(=O)N(c3ccccc3Br)C2=O)c1. The van der Waals surface area contributed by atoms with Gasteiger partial charge in [0.25, 0.3) is 5.91 Å². The Morgan fingerprint density at radius 3 is 2.70 bits per heavy atom. The first kappa shape index (κ1) is 16.1. The van der Waals surface area contributed by atoms with Gasteiger partial charge in [-0.2, -0.15) is 0 Å². The van der Waals surface area contributed by atoms with E-state index in [4.69, 9.17) is 0 Å². The zero-order chi connectivity index (χ0) is 16.4. The number of nitrogens with one attached hydrogen (secondary N) is 1. The predicted molar refractivity (Wildman–Crippen MR) is 96.9 cm³/mol. The van der Waals surface area contributed by atoms with Crippen LogP contribution in [-0.4, -0.2) is 24.1 Å². The fraction of sp³-hybridized carbons (Fsp3) is 0.176. The van der Waals surface area contributed by atoms with Crippen LogP contribution in [0.4, 0.5) is 11.4 Å². The summed E-state index contributed by atoms with van der Waals surface area (Å²) in [4.78, 5) is 27.3. The van der Waals surface area contributed by atoms with Crippen molar-refractivity contribution >= 4 is 50.9 Å². The standard InChI is InChI=1S/C17H15BrN2O2S/c1-23-12-6-4-5-11(9-12)19-14-10-16(21)20(17(14)22)15-8-3-2-7-13(15)18/h2-9,14,19H,10H2,1H3/t14-/m0/s1. The smallest absolute Gasteiger partial charge is 0.256 e. The van der Waals surface area contributed by atoms with Crippen LogP contribution in [0.25, 0.3) is 0 Å². The Bertz CT molecular complexity index is 766. The molecule has 1 saturated heterocycles. The molecule has 0 aromatic heterocycles. The lowest BCUT2D eigenvalue weighted by molar-refractivity contribution is -0.121. The second-order valence-corrected chi connectivity index (χ2v) is 6.89. The predicted octanol–water partition coefficient (Wildman–Crippen LogP) is 3.92. The van der Waals surface area contributed by atoms with Crippen molar-refractivity contribution in [3.05, 3.63) is 53.0 Å².